The van der Waals surface area contributed by atoms with Crippen LogP contribution < -0.4 is 5.32 Å². The third kappa shape index (κ3) is 3.63. The molecule has 1 aliphatic heterocycles. The minimum atomic E-state index is -0.445. The average Bonchev–Trinajstić information content (AvgIpc) is 2.90. The SMILES string of the molecule is CC(C)(C)OC(=O)N1CC2C(C1)C2NCc1cccc(Br)c1O. The Morgan fingerprint density at radius 1 is 1.39 bits per heavy atom. The third-order valence-corrected chi connectivity index (χ3v) is 5.08. The normalized spacial score (nSPS) is 26.1. The molecule has 1 aromatic rings. The number of nitrogens with one attached hydrogen (secondary N) is 1. The van der Waals surface area contributed by atoms with Crippen molar-refractivity contribution in [2.24, 2.45) is 11.8 Å². The number of phenols is 1. The van der Waals surface area contributed by atoms with Crippen molar-refractivity contribution >= 4 is 22.0 Å². The van der Waals surface area contributed by atoms with Gasteiger partial charge in [0.1, 0.15) is 11.4 Å². The number of rotatable bonds is 3. The van der Waals surface area contributed by atoms with E-state index in [1.807, 2.05) is 39.0 Å². The van der Waals surface area contributed by atoms with Crippen molar-refractivity contribution < 1.29 is 14.6 Å². The number of likely N-dealkylation sites (tertiary alicyclic amines) is 1. The van der Waals surface area contributed by atoms with Crippen LogP contribution in [0.3, 0.4) is 0 Å². The maximum absolute atomic E-state index is 12.0. The second-order valence-corrected chi connectivity index (χ2v) is 8.22. The number of piperidine rings is 1. The smallest absolute Gasteiger partial charge is 0.410 e. The van der Waals surface area contributed by atoms with Gasteiger partial charge in [-0.15, -0.1) is 0 Å². The molecule has 1 aliphatic carbocycles. The van der Waals surface area contributed by atoms with Crippen LogP contribution in [0.25, 0.3) is 0 Å². The number of carbonyl (C=O) groups is 1. The van der Waals surface area contributed by atoms with Gasteiger partial charge in [0.05, 0.1) is 4.47 Å². The topological polar surface area (TPSA) is 61.8 Å². The Bertz CT molecular complexity index is 602. The van der Waals surface area contributed by atoms with Gasteiger partial charge >= 0.3 is 6.09 Å². The summed E-state index contributed by atoms with van der Waals surface area (Å²) in [6.45, 7) is 7.79. The maximum Gasteiger partial charge on any atom is 0.410 e. The number of hydrogen-bond acceptors (Lipinski definition) is 4. The van der Waals surface area contributed by atoms with Gasteiger partial charge in [-0.3, -0.25) is 0 Å². The molecule has 2 aliphatic rings. The fourth-order valence-corrected chi connectivity index (χ4v) is 3.64. The molecule has 2 unspecified atom stereocenters. The third-order valence-electron chi connectivity index (χ3n) is 4.44. The summed E-state index contributed by atoms with van der Waals surface area (Å²) in [5.74, 6) is 1.29. The van der Waals surface area contributed by atoms with E-state index < -0.39 is 5.60 Å². The van der Waals surface area contributed by atoms with E-state index in [9.17, 15) is 9.90 Å². The van der Waals surface area contributed by atoms with E-state index in [1.165, 1.54) is 0 Å². The molecule has 1 heterocycles. The van der Waals surface area contributed by atoms with Crippen molar-refractivity contribution in [2.75, 3.05) is 13.1 Å². The second kappa shape index (κ2) is 5.98. The van der Waals surface area contributed by atoms with Crippen LogP contribution in [-0.2, 0) is 11.3 Å². The van der Waals surface area contributed by atoms with Crippen LogP contribution >= 0.6 is 15.9 Å². The number of para-hydroxylation sites is 1. The number of amides is 1. The number of benzene rings is 1. The summed E-state index contributed by atoms with van der Waals surface area (Å²) in [5.41, 5.74) is 0.438. The number of nitrogens with zero attached hydrogens (tertiary/aromatic N) is 1. The molecule has 23 heavy (non-hydrogen) atoms. The van der Waals surface area contributed by atoms with E-state index in [4.69, 9.17) is 4.74 Å². The molecule has 5 nitrogen and oxygen atoms in total. The molecular formula is C17H23BrN2O3. The molecule has 0 spiro atoms. The first-order valence-electron chi connectivity index (χ1n) is 7.94. The van der Waals surface area contributed by atoms with Crippen molar-refractivity contribution in [3.63, 3.8) is 0 Å². The van der Waals surface area contributed by atoms with Gasteiger partial charge in [0.15, 0.2) is 0 Å². The van der Waals surface area contributed by atoms with E-state index >= 15 is 0 Å². The highest BCUT2D eigenvalue weighted by Crippen LogP contribution is 2.46. The number of fused-ring (bicyclic) bond motifs is 1. The average molecular weight is 383 g/mol. The summed E-state index contributed by atoms with van der Waals surface area (Å²) in [7, 11) is 0. The molecule has 0 radical (unpaired) electrons. The second-order valence-electron chi connectivity index (χ2n) is 7.37. The minimum absolute atomic E-state index is 0.215. The van der Waals surface area contributed by atoms with Gasteiger partial charge in [-0.1, -0.05) is 12.1 Å². The van der Waals surface area contributed by atoms with Crippen LogP contribution in [0.4, 0.5) is 4.79 Å². The number of phenolic OH excluding ortho intramolecular Hbond substituents is 1. The van der Waals surface area contributed by atoms with E-state index in [2.05, 4.69) is 21.2 Å². The van der Waals surface area contributed by atoms with Crippen LogP contribution in [0.2, 0.25) is 0 Å². The van der Waals surface area contributed by atoms with E-state index in [-0.39, 0.29) is 6.09 Å². The van der Waals surface area contributed by atoms with Gasteiger partial charge < -0.3 is 20.1 Å². The van der Waals surface area contributed by atoms with Crippen LogP contribution in [0.5, 0.6) is 5.75 Å². The Kier molecular flexibility index (Phi) is 4.31. The first-order valence-corrected chi connectivity index (χ1v) is 8.73. The molecule has 6 heteroatoms. The molecule has 1 amide bonds. The summed E-state index contributed by atoms with van der Waals surface area (Å²) in [6.07, 6.45) is -0.215. The molecular weight excluding hydrogens is 360 g/mol. The Labute approximate surface area is 145 Å². The zero-order valence-electron chi connectivity index (χ0n) is 13.7. The van der Waals surface area contributed by atoms with Gasteiger partial charge in [-0.05, 0) is 54.6 Å². The van der Waals surface area contributed by atoms with Crippen LogP contribution in [0.1, 0.15) is 26.3 Å². The van der Waals surface area contributed by atoms with E-state index in [0.29, 0.717) is 34.6 Å². The van der Waals surface area contributed by atoms with Crippen molar-refractivity contribution in [1.82, 2.24) is 10.2 Å². The predicted octanol–water partition coefficient (Wildman–Crippen LogP) is 3.11. The standard InChI is InChI=1S/C17H23BrN2O3/c1-17(2,3)23-16(22)20-8-11-12(9-20)14(11)19-7-10-5-4-6-13(18)15(10)21/h4-6,11-12,14,19,21H,7-9H2,1-3H3. The van der Waals surface area contributed by atoms with Crippen LogP contribution in [-0.4, -0.2) is 40.8 Å². The first kappa shape index (κ1) is 16.6. The Morgan fingerprint density at radius 3 is 2.65 bits per heavy atom. The quantitative estimate of drug-likeness (QED) is 0.842. The molecule has 0 aromatic heterocycles. The minimum Gasteiger partial charge on any atom is -0.506 e. The van der Waals surface area contributed by atoms with Gasteiger partial charge in [-0.2, -0.15) is 0 Å². The zero-order valence-corrected chi connectivity index (χ0v) is 15.3. The lowest BCUT2D eigenvalue weighted by atomic mass is 10.2. The number of aromatic hydroxyl groups is 1. The van der Waals surface area contributed by atoms with Gasteiger partial charge in [0, 0.05) is 31.2 Å². The van der Waals surface area contributed by atoms with Gasteiger partial charge in [0.2, 0.25) is 0 Å². The first-order chi connectivity index (χ1) is 10.8. The summed E-state index contributed by atoms with van der Waals surface area (Å²) >= 11 is 3.33. The number of ether oxygens (including phenoxy) is 1. The number of carbonyl (C=O) groups excluding carboxylic acids is 1. The summed E-state index contributed by atoms with van der Waals surface area (Å²) in [4.78, 5) is 13.8. The molecule has 126 valence electrons. The molecule has 2 fully saturated rings. The maximum atomic E-state index is 12.0. The molecule has 1 saturated heterocycles. The summed E-state index contributed by atoms with van der Waals surface area (Å²) < 4.78 is 6.12. The molecule has 3 rings (SSSR count). The zero-order chi connectivity index (χ0) is 16.8. The van der Waals surface area contributed by atoms with Crippen molar-refractivity contribution in [2.45, 2.75) is 39.0 Å². The summed E-state index contributed by atoms with van der Waals surface area (Å²) in [6, 6.07) is 6.08. The number of hydrogen-bond donors (Lipinski definition) is 2. The lowest BCUT2D eigenvalue weighted by Crippen LogP contribution is -2.39. The van der Waals surface area contributed by atoms with Gasteiger partial charge in [-0.25, -0.2) is 4.79 Å². The van der Waals surface area contributed by atoms with Crippen molar-refractivity contribution in [1.29, 1.82) is 0 Å². The lowest BCUT2D eigenvalue weighted by Gasteiger charge is -2.26. The number of halogens is 1. The largest absolute Gasteiger partial charge is 0.506 e. The Balaban J connectivity index is 1.47. The van der Waals surface area contributed by atoms with Crippen molar-refractivity contribution in [3.8, 4) is 5.75 Å². The van der Waals surface area contributed by atoms with Crippen molar-refractivity contribution in [3.05, 3.63) is 28.2 Å². The monoisotopic (exact) mass is 382 g/mol. The molecule has 2 N–H and O–H groups in total. The summed E-state index contributed by atoms with van der Waals surface area (Å²) in [5, 5.41) is 13.5. The van der Waals surface area contributed by atoms with Crippen LogP contribution in [0.15, 0.2) is 22.7 Å². The van der Waals surface area contributed by atoms with Crippen LogP contribution in [0, 0.1) is 11.8 Å². The molecule has 2 atom stereocenters. The fourth-order valence-electron chi connectivity index (χ4n) is 3.24. The fraction of sp³-hybridized carbons (Fsp3) is 0.588. The predicted molar refractivity (Wildman–Crippen MR) is 91.2 cm³/mol. The highest BCUT2D eigenvalue weighted by molar-refractivity contribution is 9.10. The Hall–Kier alpha value is -1.27. The molecule has 1 saturated carbocycles. The highest BCUT2D eigenvalue weighted by Gasteiger charge is 2.56. The van der Waals surface area contributed by atoms with E-state index in [1.54, 1.807) is 4.90 Å². The molecule has 1 aromatic carbocycles. The lowest BCUT2D eigenvalue weighted by molar-refractivity contribution is 0.0269. The Morgan fingerprint density at radius 2 is 2.04 bits per heavy atom. The van der Waals surface area contributed by atoms with Gasteiger partial charge in [0.25, 0.3) is 0 Å². The highest BCUT2D eigenvalue weighted by atomic mass is 79.9. The van der Waals surface area contributed by atoms with E-state index in [0.717, 1.165) is 18.7 Å². The molecule has 0 bridgehead atoms.